The molecule has 0 aromatic carbocycles. The van der Waals surface area contributed by atoms with E-state index in [0.717, 1.165) is 0 Å². The summed E-state index contributed by atoms with van der Waals surface area (Å²) < 4.78 is 0. The standard InChI is InChI=1S/C13H25NO2/c1-9(8-10(15)12(2,3)4)14-11(16)13(5,6)7/h9H,8H2,1-7H3,(H,14,16)/t9-/m0/s1. The topological polar surface area (TPSA) is 46.2 Å². The molecule has 0 aliphatic heterocycles. The Morgan fingerprint density at radius 2 is 1.44 bits per heavy atom. The van der Waals surface area contributed by atoms with E-state index in [4.69, 9.17) is 0 Å². The van der Waals surface area contributed by atoms with Gasteiger partial charge in [0.1, 0.15) is 5.78 Å². The molecule has 0 heterocycles. The van der Waals surface area contributed by atoms with E-state index in [1.807, 2.05) is 48.5 Å². The molecule has 3 heteroatoms. The first kappa shape index (κ1) is 15.1. The number of hydrogen-bond acceptors (Lipinski definition) is 2. The summed E-state index contributed by atoms with van der Waals surface area (Å²) in [5, 5.41) is 2.86. The van der Waals surface area contributed by atoms with Crippen LogP contribution in [0.4, 0.5) is 0 Å². The van der Waals surface area contributed by atoms with E-state index in [2.05, 4.69) is 5.32 Å². The van der Waals surface area contributed by atoms with Crippen molar-refractivity contribution in [2.24, 2.45) is 10.8 Å². The third-order valence-electron chi connectivity index (χ3n) is 2.39. The lowest BCUT2D eigenvalue weighted by atomic mass is 9.87. The molecule has 0 rings (SSSR count). The third-order valence-corrected chi connectivity index (χ3v) is 2.39. The second-order valence-electron chi connectivity index (χ2n) is 6.50. The van der Waals surface area contributed by atoms with Gasteiger partial charge in [0.2, 0.25) is 5.91 Å². The van der Waals surface area contributed by atoms with Gasteiger partial charge in [0.05, 0.1) is 0 Å². The van der Waals surface area contributed by atoms with Crippen LogP contribution in [0, 0.1) is 10.8 Å². The Hall–Kier alpha value is -0.860. The molecule has 0 spiro atoms. The number of Topliss-reactive ketones (excluding diaryl/α,β-unsaturated/α-hetero) is 1. The van der Waals surface area contributed by atoms with Gasteiger partial charge < -0.3 is 5.32 Å². The van der Waals surface area contributed by atoms with Crippen LogP contribution in [0.2, 0.25) is 0 Å². The van der Waals surface area contributed by atoms with Crippen LogP contribution in [-0.4, -0.2) is 17.7 Å². The highest BCUT2D eigenvalue weighted by Crippen LogP contribution is 2.18. The van der Waals surface area contributed by atoms with E-state index < -0.39 is 5.41 Å². The van der Waals surface area contributed by atoms with Crippen molar-refractivity contribution in [2.75, 3.05) is 0 Å². The van der Waals surface area contributed by atoms with Crippen molar-refractivity contribution >= 4 is 11.7 Å². The Kier molecular flexibility index (Phi) is 4.71. The number of hydrogen-bond donors (Lipinski definition) is 1. The molecule has 0 unspecified atom stereocenters. The van der Waals surface area contributed by atoms with Gasteiger partial charge in [0, 0.05) is 23.3 Å². The molecule has 0 saturated carbocycles. The highest BCUT2D eigenvalue weighted by atomic mass is 16.2. The summed E-state index contributed by atoms with van der Waals surface area (Å²) in [7, 11) is 0. The molecular formula is C13H25NO2. The lowest BCUT2D eigenvalue weighted by molar-refractivity contribution is -0.130. The summed E-state index contributed by atoms with van der Waals surface area (Å²) in [4.78, 5) is 23.4. The van der Waals surface area contributed by atoms with Crippen molar-refractivity contribution in [2.45, 2.75) is 60.9 Å². The Balaban J connectivity index is 4.26. The van der Waals surface area contributed by atoms with Crippen molar-refractivity contribution in [1.29, 1.82) is 0 Å². The minimum atomic E-state index is -0.404. The van der Waals surface area contributed by atoms with Crippen LogP contribution >= 0.6 is 0 Å². The van der Waals surface area contributed by atoms with Crippen LogP contribution in [0.5, 0.6) is 0 Å². The summed E-state index contributed by atoms with van der Waals surface area (Å²) in [6.07, 6.45) is 0.394. The number of carbonyl (C=O) groups is 2. The van der Waals surface area contributed by atoms with Gasteiger partial charge in [0.15, 0.2) is 0 Å². The molecule has 0 saturated heterocycles. The van der Waals surface area contributed by atoms with Gasteiger partial charge >= 0.3 is 0 Å². The fourth-order valence-corrected chi connectivity index (χ4v) is 1.08. The summed E-state index contributed by atoms with van der Waals surface area (Å²) in [6.45, 7) is 13.1. The molecule has 0 aliphatic rings. The molecule has 3 nitrogen and oxygen atoms in total. The van der Waals surface area contributed by atoms with Gasteiger partial charge in [-0.3, -0.25) is 9.59 Å². The Morgan fingerprint density at radius 3 is 1.75 bits per heavy atom. The van der Waals surface area contributed by atoms with Gasteiger partial charge in [-0.1, -0.05) is 41.5 Å². The van der Waals surface area contributed by atoms with E-state index in [-0.39, 0.29) is 23.1 Å². The quantitative estimate of drug-likeness (QED) is 0.805. The second kappa shape index (κ2) is 4.98. The van der Waals surface area contributed by atoms with Crippen LogP contribution in [0.3, 0.4) is 0 Å². The van der Waals surface area contributed by atoms with Crippen molar-refractivity contribution in [3.05, 3.63) is 0 Å². The van der Waals surface area contributed by atoms with E-state index in [9.17, 15) is 9.59 Å². The molecule has 0 aromatic rings. The maximum atomic E-state index is 11.8. The number of carbonyl (C=O) groups excluding carboxylic acids is 2. The lowest BCUT2D eigenvalue weighted by Gasteiger charge is -2.24. The predicted octanol–water partition coefficient (Wildman–Crippen LogP) is 2.54. The molecule has 0 aromatic heterocycles. The zero-order chi connectivity index (χ0) is 13.1. The van der Waals surface area contributed by atoms with Crippen LogP contribution < -0.4 is 5.32 Å². The minimum absolute atomic E-state index is 0.0123. The Morgan fingerprint density at radius 1 is 1.00 bits per heavy atom. The molecule has 94 valence electrons. The molecule has 0 aliphatic carbocycles. The van der Waals surface area contributed by atoms with E-state index in [1.165, 1.54) is 0 Å². The van der Waals surface area contributed by atoms with Crippen molar-refractivity contribution in [1.82, 2.24) is 5.32 Å². The molecule has 1 N–H and O–H groups in total. The van der Waals surface area contributed by atoms with Crippen LogP contribution in [-0.2, 0) is 9.59 Å². The minimum Gasteiger partial charge on any atom is -0.353 e. The maximum Gasteiger partial charge on any atom is 0.225 e. The summed E-state index contributed by atoms with van der Waals surface area (Å²) in [5.74, 6) is 0.163. The molecule has 0 bridgehead atoms. The monoisotopic (exact) mass is 227 g/mol. The first-order chi connectivity index (χ1) is 6.94. The molecule has 1 amide bonds. The largest absolute Gasteiger partial charge is 0.353 e. The second-order valence-corrected chi connectivity index (χ2v) is 6.50. The van der Waals surface area contributed by atoms with Gasteiger partial charge in [-0.15, -0.1) is 0 Å². The third kappa shape index (κ3) is 5.29. The average molecular weight is 227 g/mol. The van der Waals surface area contributed by atoms with Crippen LogP contribution in [0.1, 0.15) is 54.9 Å². The van der Waals surface area contributed by atoms with Crippen LogP contribution in [0.25, 0.3) is 0 Å². The predicted molar refractivity (Wildman–Crippen MR) is 66.1 cm³/mol. The number of amides is 1. The SMILES string of the molecule is C[C@@H](CC(=O)C(C)(C)C)NC(=O)C(C)(C)C. The fraction of sp³-hybridized carbons (Fsp3) is 0.846. The molecule has 0 radical (unpaired) electrons. The Labute approximate surface area is 99.0 Å². The maximum absolute atomic E-state index is 11.8. The van der Waals surface area contributed by atoms with Crippen LogP contribution in [0.15, 0.2) is 0 Å². The summed E-state index contributed by atoms with van der Waals surface area (Å²) in [5.41, 5.74) is -0.736. The van der Waals surface area contributed by atoms with Crippen molar-refractivity contribution in [3.8, 4) is 0 Å². The average Bonchev–Trinajstić information content (AvgIpc) is 1.99. The van der Waals surface area contributed by atoms with Gasteiger partial charge in [-0.25, -0.2) is 0 Å². The van der Waals surface area contributed by atoms with E-state index >= 15 is 0 Å². The lowest BCUT2D eigenvalue weighted by Crippen LogP contribution is -2.42. The smallest absolute Gasteiger partial charge is 0.225 e. The summed E-state index contributed by atoms with van der Waals surface area (Å²) in [6, 6.07) is -0.0987. The van der Waals surface area contributed by atoms with E-state index in [1.54, 1.807) is 0 Å². The fourth-order valence-electron chi connectivity index (χ4n) is 1.08. The zero-order valence-corrected chi connectivity index (χ0v) is 11.6. The highest BCUT2D eigenvalue weighted by molar-refractivity contribution is 5.86. The van der Waals surface area contributed by atoms with Gasteiger partial charge in [0.25, 0.3) is 0 Å². The normalized spacial score (nSPS) is 14.4. The zero-order valence-electron chi connectivity index (χ0n) is 11.6. The first-order valence-corrected chi connectivity index (χ1v) is 5.79. The van der Waals surface area contributed by atoms with E-state index in [0.29, 0.717) is 6.42 Å². The number of ketones is 1. The van der Waals surface area contributed by atoms with Gasteiger partial charge in [-0.2, -0.15) is 0 Å². The highest BCUT2D eigenvalue weighted by Gasteiger charge is 2.26. The molecular weight excluding hydrogens is 202 g/mol. The molecule has 0 fully saturated rings. The Bertz CT molecular complexity index is 241. The van der Waals surface area contributed by atoms with Crippen molar-refractivity contribution < 1.29 is 9.59 Å². The number of rotatable bonds is 3. The number of nitrogens with one attached hydrogen (secondary N) is 1. The molecule has 1 atom stereocenters. The van der Waals surface area contributed by atoms with Crippen molar-refractivity contribution in [3.63, 3.8) is 0 Å². The summed E-state index contributed by atoms with van der Waals surface area (Å²) >= 11 is 0. The van der Waals surface area contributed by atoms with Gasteiger partial charge in [-0.05, 0) is 6.92 Å². The molecule has 16 heavy (non-hydrogen) atoms. The first-order valence-electron chi connectivity index (χ1n) is 5.79.